The molecule has 0 aliphatic carbocycles. The van der Waals surface area contributed by atoms with Crippen LogP contribution in [0.5, 0.6) is 0 Å². The molecule has 7 heteroatoms. The van der Waals surface area contributed by atoms with Crippen LogP contribution in [0.4, 0.5) is 0 Å². The van der Waals surface area contributed by atoms with Gasteiger partial charge in [-0.2, -0.15) is 0 Å². The number of aliphatic carboxylic acids is 1. The molecule has 0 aromatic heterocycles. The molecule has 1 unspecified atom stereocenters. The summed E-state index contributed by atoms with van der Waals surface area (Å²) in [4.78, 5) is 36.8. The molecule has 2 amide bonds. The Kier molecular flexibility index (Phi) is 10.6. The highest BCUT2D eigenvalue weighted by molar-refractivity contribution is 5.88. The third-order valence-electron chi connectivity index (χ3n) is 5.53. The number of nitrogens with one attached hydrogen (secondary N) is 2. The summed E-state index contributed by atoms with van der Waals surface area (Å²) < 4.78 is 0. The van der Waals surface area contributed by atoms with Gasteiger partial charge in [-0.15, -0.1) is 0 Å². The van der Waals surface area contributed by atoms with Gasteiger partial charge in [0.1, 0.15) is 6.04 Å². The minimum Gasteiger partial charge on any atom is -0.481 e. The standard InChI is InChI=1S/C26H35N3O4/c1-18(2)25(29-23(30)15-9-14-19-10-5-3-6-11-19)26(33)28-22(21(27)17-24(31)32)16-20-12-7-4-8-13-20/h3-8,10-13,18,21-22,25H,9,14-17,27H2,1-2H3,(H,28,33)(H,29,30)(H,31,32)/t21-,22-,25?/m0/s1. The third kappa shape index (κ3) is 9.45. The molecular formula is C26H35N3O4. The van der Waals surface area contributed by atoms with E-state index in [9.17, 15) is 14.4 Å². The van der Waals surface area contributed by atoms with Crippen molar-refractivity contribution in [1.82, 2.24) is 10.6 Å². The zero-order valence-corrected chi connectivity index (χ0v) is 19.4. The molecule has 2 rings (SSSR count). The number of carbonyl (C=O) groups is 3. The Morgan fingerprint density at radius 1 is 0.909 bits per heavy atom. The molecule has 0 aliphatic rings. The fraction of sp³-hybridized carbons (Fsp3) is 0.423. The molecule has 5 N–H and O–H groups in total. The number of hydrogen-bond donors (Lipinski definition) is 4. The van der Waals surface area contributed by atoms with Crippen LogP contribution in [0, 0.1) is 5.92 Å². The van der Waals surface area contributed by atoms with Crippen molar-refractivity contribution in [2.24, 2.45) is 11.7 Å². The fourth-order valence-corrected chi connectivity index (χ4v) is 3.67. The molecule has 0 saturated carbocycles. The van der Waals surface area contributed by atoms with Gasteiger partial charge in [0, 0.05) is 18.5 Å². The summed E-state index contributed by atoms with van der Waals surface area (Å²) in [6, 6.07) is 17.3. The minimum atomic E-state index is -1.03. The molecule has 0 aliphatic heterocycles. The number of aryl methyl sites for hydroxylation is 1. The van der Waals surface area contributed by atoms with Gasteiger partial charge in [-0.25, -0.2) is 0 Å². The zero-order chi connectivity index (χ0) is 24.2. The van der Waals surface area contributed by atoms with E-state index in [0.29, 0.717) is 19.3 Å². The summed E-state index contributed by atoms with van der Waals surface area (Å²) in [5.41, 5.74) is 8.24. The minimum absolute atomic E-state index is 0.142. The van der Waals surface area contributed by atoms with Crippen LogP contribution in [-0.4, -0.2) is 41.0 Å². The van der Waals surface area contributed by atoms with E-state index in [1.807, 2.05) is 74.5 Å². The maximum Gasteiger partial charge on any atom is 0.305 e. The average molecular weight is 454 g/mol. The van der Waals surface area contributed by atoms with Crippen LogP contribution in [0.15, 0.2) is 60.7 Å². The lowest BCUT2D eigenvalue weighted by atomic mass is 9.96. The number of hydrogen-bond acceptors (Lipinski definition) is 4. The van der Waals surface area contributed by atoms with Crippen LogP contribution in [-0.2, 0) is 27.2 Å². The third-order valence-corrected chi connectivity index (χ3v) is 5.53. The van der Waals surface area contributed by atoms with Crippen molar-refractivity contribution >= 4 is 17.8 Å². The number of benzene rings is 2. The number of rotatable bonds is 13. The molecule has 2 aromatic carbocycles. The Hall–Kier alpha value is -3.19. The first kappa shape index (κ1) is 26.1. The van der Waals surface area contributed by atoms with E-state index in [2.05, 4.69) is 10.6 Å². The largest absolute Gasteiger partial charge is 0.481 e. The molecule has 178 valence electrons. The Morgan fingerprint density at radius 3 is 2.03 bits per heavy atom. The quantitative estimate of drug-likeness (QED) is 0.371. The second kappa shape index (κ2) is 13.4. The Morgan fingerprint density at radius 2 is 1.48 bits per heavy atom. The normalized spacial score (nSPS) is 13.7. The van der Waals surface area contributed by atoms with Gasteiger partial charge >= 0.3 is 5.97 Å². The molecule has 0 bridgehead atoms. The van der Waals surface area contributed by atoms with Crippen LogP contribution in [0.1, 0.15) is 44.2 Å². The van der Waals surface area contributed by atoms with Crippen molar-refractivity contribution in [2.45, 2.75) is 64.1 Å². The molecule has 7 nitrogen and oxygen atoms in total. The molecular weight excluding hydrogens is 418 g/mol. The van der Waals surface area contributed by atoms with Gasteiger partial charge in [-0.1, -0.05) is 74.5 Å². The summed E-state index contributed by atoms with van der Waals surface area (Å²) in [5.74, 6) is -1.71. The highest BCUT2D eigenvalue weighted by Gasteiger charge is 2.29. The van der Waals surface area contributed by atoms with Crippen molar-refractivity contribution in [3.8, 4) is 0 Å². The van der Waals surface area contributed by atoms with Crippen molar-refractivity contribution in [2.75, 3.05) is 0 Å². The van der Waals surface area contributed by atoms with E-state index < -0.39 is 24.1 Å². The monoisotopic (exact) mass is 453 g/mol. The number of carboxylic acid groups (broad SMARTS) is 1. The predicted molar refractivity (Wildman–Crippen MR) is 128 cm³/mol. The van der Waals surface area contributed by atoms with Crippen LogP contribution in [0.25, 0.3) is 0 Å². The highest BCUT2D eigenvalue weighted by atomic mass is 16.4. The number of carboxylic acids is 1. The van der Waals surface area contributed by atoms with E-state index in [4.69, 9.17) is 10.8 Å². The molecule has 0 saturated heterocycles. The molecule has 0 spiro atoms. The van der Waals surface area contributed by atoms with E-state index in [1.54, 1.807) is 0 Å². The molecule has 0 heterocycles. The predicted octanol–water partition coefficient (Wildman–Crippen LogP) is 2.68. The van der Waals surface area contributed by atoms with E-state index in [-0.39, 0.29) is 24.2 Å². The molecule has 33 heavy (non-hydrogen) atoms. The smallest absolute Gasteiger partial charge is 0.305 e. The van der Waals surface area contributed by atoms with Gasteiger partial charge < -0.3 is 21.5 Å². The zero-order valence-electron chi connectivity index (χ0n) is 19.4. The van der Waals surface area contributed by atoms with Crippen molar-refractivity contribution in [3.05, 3.63) is 71.8 Å². The van der Waals surface area contributed by atoms with Crippen molar-refractivity contribution in [3.63, 3.8) is 0 Å². The van der Waals surface area contributed by atoms with Gasteiger partial charge in [0.25, 0.3) is 0 Å². The van der Waals surface area contributed by atoms with Gasteiger partial charge in [-0.05, 0) is 36.3 Å². The first-order valence-electron chi connectivity index (χ1n) is 11.4. The Labute approximate surface area is 195 Å². The molecule has 3 atom stereocenters. The number of amides is 2. The van der Waals surface area contributed by atoms with E-state index in [0.717, 1.165) is 12.0 Å². The van der Waals surface area contributed by atoms with Crippen LogP contribution < -0.4 is 16.4 Å². The van der Waals surface area contributed by atoms with Gasteiger partial charge in [0.05, 0.1) is 6.42 Å². The van der Waals surface area contributed by atoms with Crippen molar-refractivity contribution < 1.29 is 19.5 Å². The molecule has 0 radical (unpaired) electrons. The van der Waals surface area contributed by atoms with Crippen LogP contribution in [0.3, 0.4) is 0 Å². The number of carbonyl (C=O) groups excluding carboxylic acids is 2. The second-order valence-electron chi connectivity index (χ2n) is 8.69. The van der Waals surface area contributed by atoms with Gasteiger partial charge in [0.2, 0.25) is 11.8 Å². The lowest BCUT2D eigenvalue weighted by Crippen LogP contribution is -2.56. The first-order valence-corrected chi connectivity index (χ1v) is 11.4. The SMILES string of the molecule is CC(C)C(NC(=O)CCCc1ccccc1)C(=O)N[C@@H](Cc1ccccc1)[C@@H](N)CC(=O)O. The summed E-state index contributed by atoms with van der Waals surface area (Å²) in [5, 5.41) is 14.9. The fourth-order valence-electron chi connectivity index (χ4n) is 3.67. The topological polar surface area (TPSA) is 122 Å². The van der Waals surface area contributed by atoms with E-state index >= 15 is 0 Å². The lowest BCUT2D eigenvalue weighted by molar-refractivity contribution is -0.138. The summed E-state index contributed by atoms with van der Waals surface area (Å²) in [7, 11) is 0. The average Bonchev–Trinajstić information content (AvgIpc) is 2.77. The summed E-state index contributed by atoms with van der Waals surface area (Å²) >= 11 is 0. The maximum atomic E-state index is 13.1. The van der Waals surface area contributed by atoms with Gasteiger partial charge in [0.15, 0.2) is 0 Å². The summed E-state index contributed by atoms with van der Waals surface area (Å²) in [6.07, 6.45) is 1.92. The van der Waals surface area contributed by atoms with Crippen LogP contribution in [0.2, 0.25) is 0 Å². The second-order valence-corrected chi connectivity index (χ2v) is 8.69. The first-order chi connectivity index (χ1) is 15.8. The Balaban J connectivity index is 1.98. The highest BCUT2D eigenvalue weighted by Crippen LogP contribution is 2.11. The van der Waals surface area contributed by atoms with Crippen molar-refractivity contribution in [1.29, 1.82) is 0 Å². The lowest BCUT2D eigenvalue weighted by Gasteiger charge is -2.28. The van der Waals surface area contributed by atoms with E-state index in [1.165, 1.54) is 5.56 Å². The molecule has 2 aromatic rings. The Bertz CT molecular complexity index is 887. The van der Waals surface area contributed by atoms with Gasteiger partial charge in [-0.3, -0.25) is 14.4 Å². The number of nitrogens with two attached hydrogens (primary N) is 1. The summed E-state index contributed by atoms with van der Waals surface area (Å²) in [6.45, 7) is 3.72. The maximum absolute atomic E-state index is 13.1. The molecule has 0 fully saturated rings. The van der Waals surface area contributed by atoms with Crippen LogP contribution >= 0.6 is 0 Å².